The molecule has 0 aromatic heterocycles. The van der Waals surface area contributed by atoms with Crippen molar-refractivity contribution < 1.29 is 24.5 Å². The second-order valence-corrected chi connectivity index (χ2v) is 20.4. The van der Waals surface area contributed by atoms with E-state index in [1.165, 1.54) is 199 Å². The molecule has 6 heteroatoms. The summed E-state index contributed by atoms with van der Waals surface area (Å²) in [6.07, 6.45) is 66.4. The van der Waals surface area contributed by atoms with Gasteiger partial charge in [-0.05, 0) is 64.2 Å². The van der Waals surface area contributed by atoms with E-state index in [0.29, 0.717) is 19.3 Å². The highest BCUT2D eigenvalue weighted by Crippen LogP contribution is 2.18. The van der Waals surface area contributed by atoms with E-state index in [9.17, 15) is 19.8 Å². The lowest BCUT2D eigenvalue weighted by molar-refractivity contribution is -0.151. The van der Waals surface area contributed by atoms with Crippen LogP contribution in [0.3, 0.4) is 0 Å². The summed E-state index contributed by atoms with van der Waals surface area (Å²) in [7, 11) is 0. The fourth-order valence-electron chi connectivity index (χ4n) is 9.20. The van der Waals surface area contributed by atoms with Crippen LogP contribution in [0.15, 0.2) is 36.5 Å². The number of allylic oxidation sites excluding steroid dienone is 6. The van der Waals surface area contributed by atoms with Gasteiger partial charge >= 0.3 is 5.97 Å². The summed E-state index contributed by atoms with van der Waals surface area (Å²) >= 11 is 0. The zero-order chi connectivity index (χ0) is 48.8. The Kier molecular flexibility index (Phi) is 53.4. The highest BCUT2D eigenvalue weighted by Gasteiger charge is 2.24. The maximum atomic E-state index is 13.3. The summed E-state index contributed by atoms with van der Waals surface area (Å²) < 4.78 is 5.95. The molecule has 394 valence electrons. The van der Waals surface area contributed by atoms with E-state index in [0.717, 1.165) is 70.6 Å². The molecule has 6 nitrogen and oxygen atoms in total. The topological polar surface area (TPSA) is 95.9 Å². The largest absolute Gasteiger partial charge is 0.462 e. The van der Waals surface area contributed by atoms with Crippen LogP contribution in [0.2, 0.25) is 0 Å². The van der Waals surface area contributed by atoms with Crippen LogP contribution in [0.4, 0.5) is 0 Å². The summed E-state index contributed by atoms with van der Waals surface area (Å²) in [4.78, 5) is 26.3. The molecule has 0 saturated heterocycles. The third-order valence-electron chi connectivity index (χ3n) is 13.7. The van der Waals surface area contributed by atoms with Gasteiger partial charge in [-0.2, -0.15) is 0 Å². The Balaban J connectivity index is 4.55. The number of carbonyl (C=O) groups is 2. The van der Waals surface area contributed by atoms with Gasteiger partial charge in [0.15, 0.2) is 0 Å². The predicted molar refractivity (Wildman–Crippen MR) is 292 cm³/mol. The molecule has 0 aromatic rings. The summed E-state index contributed by atoms with van der Waals surface area (Å²) in [6.45, 7) is 6.49. The third-order valence-corrected chi connectivity index (χ3v) is 13.7. The van der Waals surface area contributed by atoms with Crippen LogP contribution in [-0.2, 0) is 14.3 Å². The Hall–Kier alpha value is -1.92. The van der Waals surface area contributed by atoms with Crippen LogP contribution in [-0.4, -0.2) is 46.9 Å². The van der Waals surface area contributed by atoms with Crippen molar-refractivity contribution in [1.82, 2.24) is 5.32 Å². The van der Waals surface area contributed by atoms with Crippen molar-refractivity contribution in [2.24, 2.45) is 0 Å². The highest BCUT2D eigenvalue weighted by atomic mass is 16.5. The Morgan fingerprint density at radius 3 is 1.16 bits per heavy atom. The van der Waals surface area contributed by atoms with Crippen molar-refractivity contribution in [3.8, 4) is 0 Å². The van der Waals surface area contributed by atoms with Gasteiger partial charge in [0, 0.05) is 6.42 Å². The molecule has 0 aromatic carbocycles. The fraction of sp³-hybridized carbons (Fsp3) is 0.869. The van der Waals surface area contributed by atoms with Gasteiger partial charge in [0.1, 0.15) is 6.10 Å². The molecule has 0 bridgehead atoms. The summed E-state index contributed by atoms with van der Waals surface area (Å²) in [5, 5.41) is 23.9. The first-order valence-electron chi connectivity index (χ1n) is 29.7. The number of ether oxygens (including phenoxy) is 1. The normalized spacial score (nSPS) is 13.3. The number of unbranched alkanes of at least 4 members (excludes halogenated alkanes) is 36. The molecular formula is C61H115NO5. The van der Waals surface area contributed by atoms with E-state index in [4.69, 9.17) is 4.74 Å². The molecule has 3 N–H and O–H groups in total. The van der Waals surface area contributed by atoms with Crippen LogP contribution in [0, 0.1) is 0 Å². The van der Waals surface area contributed by atoms with Crippen LogP contribution in [0.1, 0.15) is 316 Å². The number of rotatable bonds is 54. The molecule has 0 aliphatic carbocycles. The number of carbonyl (C=O) groups excluding carboxylic acids is 2. The average Bonchev–Trinajstić information content (AvgIpc) is 3.32. The highest BCUT2D eigenvalue weighted by molar-refractivity contribution is 5.77. The van der Waals surface area contributed by atoms with E-state index < -0.39 is 18.2 Å². The van der Waals surface area contributed by atoms with Crippen molar-refractivity contribution in [3.63, 3.8) is 0 Å². The van der Waals surface area contributed by atoms with E-state index >= 15 is 0 Å². The number of aliphatic hydroxyl groups is 2. The van der Waals surface area contributed by atoms with Crippen molar-refractivity contribution in [2.45, 2.75) is 334 Å². The second kappa shape index (κ2) is 55.0. The third kappa shape index (κ3) is 50.3. The van der Waals surface area contributed by atoms with Gasteiger partial charge in [-0.1, -0.05) is 276 Å². The SMILES string of the molecule is CCCCC/C=C\C/C=C\C/C=C\CCCCC(CC(=O)NC(CO)C(O)CCCCCCCCCCCCCCCCCCC)OC(=O)CCCCCCCCCCCCCCCCCC. The maximum Gasteiger partial charge on any atom is 0.306 e. The van der Waals surface area contributed by atoms with E-state index in [1.54, 1.807) is 0 Å². The summed E-state index contributed by atoms with van der Waals surface area (Å²) in [5.74, 6) is -0.494. The second-order valence-electron chi connectivity index (χ2n) is 20.4. The van der Waals surface area contributed by atoms with Gasteiger partial charge in [-0.15, -0.1) is 0 Å². The quantitative estimate of drug-likeness (QED) is 0.0321. The van der Waals surface area contributed by atoms with Gasteiger partial charge in [-0.25, -0.2) is 0 Å². The van der Waals surface area contributed by atoms with E-state index in [-0.39, 0.29) is 24.9 Å². The minimum absolute atomic E-state index is 0.0563. The van der Waals surface area contributed by atoms with Crippen molar-refractivity contribution in [2.75, 3.05) is 6.61 Å². The number of nitrogens with one attached hydrogen (secondary N) is 1. The van der Waals surface area contributed by atoms with Crippen LogP contribution in [0.5, 0.6) is 0 Å². The molecule has 3 atom stereocenters. The lowest BCUT2D eigenvalue weighted by Crippen LogP contribution is -2.46. The molecule has 1 amide bonds. The van der Waals surface area contributed by atoms with E-state index in [2.05, 4.69) is 62.5 Å². The zero-order valence-electron chi connectivity index (χ0n) is 45.0. The summed E-state index contributed by atoms with van der Waals surface area (Å²) in [6, 6.07) is -0.712. The monoisotopic (exact) mass is 942 g/mol. The number of esters is 1. The molecule has 0 rings (SSSR count). The Bertz CT molecular complexity index is 1100. The molecule has 0 aliphatic heterocycles. The maximum absolute atomic E-state index is 13.3. The fourth-order valence-corrected chi connectivity index (χ4v) is 9.20. The van der Waals surface area contributed by atoms with Crippen molar-refractivity contribution >= 4 is 11.9 Å². The number of hydrogen-bond acceptors (Lipinski definition) is 5. The molecule has 0 heterocycles. The summed E-state index contributed by atoms with van der Waals surface area (Å²) in [5.41, 5.74) is 0. The molecule has 0 aliphatic rings. The minimum Gasteiger partial charge on any atom is -0.462 e. The Morgan fingerprint density at radius 1 is 0.433 bits per heavy atom. The molecule has 0 radical (unpaired) electrons. The lowest BCUT2D eigenvalue weighted by Gasteiger charge is -2.24. The van der Waals surface area contributed by atoms with Crippen molar-refractivity contribution in [1.29, 1.82) is 0 Å². The van der Waals surface area contributed by atoms with Gasteiger partial charge < -0.3 is 20.3 Å². The van der Waals surface area contributed by atoms with E-state index in [1.807, 2.05) is 0 Å². The molecule has 0 spiro atoms. The average molecular weight is 943 g/mol. The predicted octanol–water partition coefficient (Wildman–Crippen LogP) is 18.4. The lowest BCUT2D eigenvalue weighted by atomic mass is 10.0. The van der Waals surface area contributed by atoms with Crippen LogP contribution in [0.25, 0.3) is 0 Å². The number of amides is 1. The van der Waals surface area contributed by atoms with Crippen LogP contribution >= 0.6 is 0 Å². The van der Waals surface area contributed by atoms with Crippen LogP contribution < -0.4 is 5.32 Å². The van der Waals surface area contributed by atoms with Gasteiger partial charge in [0.25, 0.3) is 0 Å². The zero-order valence-corrected chi connectivity index (χ0v) is 45.0. The van der Waals surface area contributed by atoms with Gasteiger partial charge in [0.05, 0.1) is 25.2 Å². The first-order valence-corrected chi connectivity index (χ1v) is 29.7. The molecular weight excluding hydrogens is 827 g/mol. The Morgan fingerprint density at radius 2 is 0.761 bits per heavy atom. The van der Waals surface area contributed by atoms with Gasteiger partial charge in [-0.3, -0.25) is 9.59 Å². The number of hydrogen-bond donors (Lipinski definition) is 3. The molecule has 0 saturated carbocycles. The first kappa shape index (κ1) is 65.1. The first-order chi connectivity index (χ1) is 33.0. The smallest absolute Gasteiger partial charge is 0.306 e. The molecule has 0 fully saturated rings. The Labute approximate surface area is 417 Å². The standard InChI is InChI=1S/C61H115NO5/c1-4-7-10-13-16-19-22-25-28-30-32-35-38-41-44-47-50-53-59(64)58(56-63)62-60(65)55-57(52-49-46-43-40-37-34-31-27-24-21-18-15-12-9-6-3)67-61(66)54-51-48-45-42-39-36-33-29-26-23-20-17-14-11-8-5-2/h18,21,27,31,37,40,57-59,63-64H,4-17,19-20,22-26,28-30,32-36,38-39,41-56H2,1-3H3,(H,62,65)/b21-18-,31-27-,40-37-. The molecule has 67 heavy (non-hydrogen) atoms. The molecule has 3 unspecified atom stereocenters. The number of aliphatic hydroxyl groups excluding tert-OH is 2. The van der Waals surface area contributed by atoms with Crippen molar-refractivity contribution in [3.05, 3.63) is 36.5 Å². The minimum atomic E-state index is -0.796. The van der Waals surface area contributed by atoms with Gasteiger partial charge in [0.2, 0.25) is 5.91 Å².